The van der Waals surface area contributed by atoms with Crippen LogP contribution in [0.5, 0.6) is 0 Å². The van der Waals surface area contributed by atoms with Crippen LogP contribution in [0.25, 0.3) is 22.0 Å². The summed E-state index contributed by atoms with van der Waals surface area (Å²) < 4.78 is 91.1. The number of anilines is 3. The topological polar surface area (TPSA) is 224 Å². The van der Waals surface area contributed by atoms with Crippen molar-refractivity contribution in [2.75, 3.05) is 32.4 Å². The van der Waals surface area contributed by atoms with E-state index in [9.17, 15) is 39.6 Å². The molecule has 0 fully saturated rings. The third kappa shape index (κ3) is 5.71. The van der Waals surface area contributed by atoms with Gasteiger partial charge in [0.2, 0.25) is 0 Å². The lowest BCUT2D eigenvalue weighted by molar-refractivity contribution is 0.102. The number of fused-ring (bicyclic) bond motifs is 2. The fraction of sp³-hybridized carbons (Fsp3) is 0.121. The summed E-state index contributed by atoms with van der Waals surface area (Å²) in [6.07, 6.45) is 0. The van der Waals surface area contributed by atoms with Crippen molar-refractivity contribution in [1.82, 2.24) is 4.57 Å². The summed E-state index contributed by atoms with van der Waals surface area (Å²) in [6.45, 7) is 0. The van der Waals surface area contributed by atoms with Gasteiger partial charge in [0.1, 0.15) is 9.79 Å². The number of nitrogens with zero attached hydrogens (tertiary/aromatic N) is 1. The largest absolute Gasteiger partial charge is 0.398 e. The molecule has 1 aliphatic carbocycles. The molecule has 15 nitrogen and oxygen atoms in total. The highest BCUT2D eigenvalue weighted by Gasteiger charge is 2.35. The number of hydrogen-bond acceptors (Lipinski definition) is 14. The molecule has 0 amide bonds. The highest BCUT2D eigenvalue weighted by Crippen LogP contribution is 2.45. The highest BCUT2D eigenvalue weighted by molar-refractivity contribution is 7.88. The molecular weight excluding hydrogens is 727 g/mol. The van der Waals surface area contributed by atoms with Crippen LogP contribution in [-0.2, 0) is 50.0 Å². The Bertz CT molecular complexity index is 2760. The Balaban J connectivity index is 1.68. The second kappa shape index (κ2) is 12.5. The van der Waals surface area contributed by atoms with Crippen molar-refractivity contribution >= 4 is 69.9 Å². The second-order valence-corrected chi connectivity index (χ2v) is 16.2. The molecule has 4 aromatic carbocycles. The van der Waals surface area contributed by atoms with Gasteiger partial charge >= 0.3 is 0 Å². The van der Waals surface area contributed by atoms with Gasteiger partial charge in [-0.1, -0.05) is 36.4 Å². The number of carbonyl (C=O) groups is 2. The number of benzene rings is 4. The fourth-order valence-corrected chi connectivity index (χ4v) is 8.34. The standard InChI is InChI=1S/C33H27N3O12S3/c1-36-24-13-12-22(35-23-15-21(34)25(50(42,43)47-3)16-26(23)51(44,45)48-4)28-29(24)27(19-10-5-6-11-20(19)32(28)38)30(33(36)39)31(37)17-8-7-9-18(14-17)49(40,41)46-2/h5-16,35H,34H2,1-4H3. The van der Waals surface area contributed by atoms with E-state index in [0.29, 0.717) is 0 Å². The zero-order valence-electron chi connectivity index (χ0n) is 27.1. The number of aromatic nitrogens is 1. The van der Waals surface area contributed by atoms with Crippen LogP contribution in [0.3, 0.4) is 0 Å². The number of ketones is 2. The summed E-state index contributed by atoms with van der Waals surface area (Å²) >= 11 is 0. The maximum Gasteiger partial charge on any atom is 0.298 e. The molecule has 5 aromatic rings. The first-order valence-electron chi connectivity index (χ1n) is 14.6. The Morgan fingerprint density at radius 1 is 0.706 bits per heavy atom. The molecule has 6 rings (SSSR count). The number of nitrogens with two attached hydrogens (primary N) is 1. The minimum absolute atomic E-state index is 0.00258. The lowest BCUT2D eigenvalue weighted by Gasteiger charge is -2.26. The third-order valence-corrected chi connectivity index (χ3v) is 12.3. The first kappa shape index (κ1) is 35.6. The van der Waals surface area contributed by atoms with Gasteiger partial charge in [-0.3, -0.25) is 26.9 Å². The van der Waals surface area contributed by atoms with Gasteiger partial charge in [0.15, 0.2) is 11.6 Å². The summed E-state index contributed by atoms with van der Waals surface area (Å²) in [5, 5.41) is 3.03. The van der Waals surface area contributed by atoms with Gasteiger partial charge in [-0.05, 0) is 42.0 Å². The predicted molar refractivity (Wildman–Crippen MR) is 185 cm³/mol. The van der Waals surface area contributed by atoms with Gasteiger partial charge in [0, 0.05) is 29.1 Å². The SMILES string of the molecule is COS(=O)(=O)c1cccc(C(=O)c2c3c4c(c(Nc5cc(N)c(S(=O)(=O)OC)cc5S(=O)(=O)OC)ccc4n(C)c2=O)C(=O)c2ccccc2-3)c1. The van der Waals surface area contributed by atoms with Gasteiger partial charge < -0.3 is 15.6 Å². The van der Waals surface area contributed by atoms with Gasteiger partial charge in [0.25, 0.3) is 35.9 Å². The van der Waals surface area contributed by atoms with Crippen molar-refractivity contribution in [3.05, 3.63) is 105 Å². The van der Waals surface area contributed by atoms with Crippen molar-refractivity contribution in [2.24, 2.45) is 7.05 Å². The van der Waals surface area contributed by atoms with Gasteiger partial charge in [-0.15, -0.1) is 0 Å². The van der Waals surface area contributed by atoms with E-state index in [4.69, 9.17) is 5.73 Å². The molecule has 0 saturated heterocycles. The van der Waals surface area contributed by atoms with Crippen molar-refractivity contribution in [3.63, 3.8) is 0 Å². The van der Waals surface area contributed by atoms with Crippen LogP contribution >= 0.6 is 0 Å². The molecule has 264 valence electrons. The molecule has 1 aromatic heterocycles. The normalized spacial score (nSPS) is 12.9. The molecule has 0 saturated carbocycles. The molecule has 3 N–H and O–H groups in total. The van der Waals surface area contributed by atoms with E-state index in [-0.39, 0.29) is 60.6 Å². The second-order valence-electron chi connectivity index (χ2n) is 11.1. The highest BCUT2D eigenvalue weighted by atomic mass is 32.2. The lowest BCUT2D eigenvalue weighted by atomic mass is 9.80. The van der Waals surface area contributed by atoms with Crippen LogP contribution in [0.4, 0.5) is 17.1 Å². The number of aryl methyl sites for hydroxylation is 1. The van der Waals surface area contributed by atoms with Crippen LogP contribution in [0.2, 0.25) is 0 Å². The van der Waals surface area contributed by atoms with E-state index >= 15 is 0 Å². The molecule has 0 radical (unpaired) electrons. The molecule has 0 spiro atoms. The van der Waals surface area contributed by atoms with Crippen LogP contribution in [0.1, 0.15) is 31.8 Å². The lowest BCUT2D eigenvalue weighted by Crippen LogP contribution is -2.29. The first-order chi connectivity index (χ1) is 24.0. The van der Waals surface area contributed by atoms with E-state index in [2.05, 4.69) is 17.9 Å². The van der Waals surface area contributed by atoms with E-state index in [1.807, 2.05) is 0 Å². The van der Waals surface area contributed by atoms with Crippen molar-refractivity contribution < 1.29 is 47.4 Å². The summed E-state index contributed by atoms with van der Waals surface area (Å²) in [7, 11) is -9.21. The molecule has 18 heteroatoms. The number of pyridine rings is 1. The molecule has 1 aliphatic rings. The summed E-state index contributed by atoms with van der Waals surface area (Å²) in [6, 6.07) is 15.9. The summed E-state index contributed by atoms with van der Waals surface area (Å²) in [5.74, 6) is -1.40. The number of nitrogen functional groups attached to an aromatic ring is 1. The molecule has 0 aliphatic heterocycles. The van der Waals surface area contributed by atoms with E-state index in [1.165, 1.54) is 48.0 Å². The Kier molecular flexibility index (Phi) is 8.73. The zero-order valence-corrected chi connectivity index (χ0v) is 29.5. The molecule has 0 bridgehead atoms. The average molecular weight is 754 g/mol. The monoisotopic (exact) mass is 753 g/mol. The van der Waals surface area contributed by atoms with Crippen LogP contribution < -0.4 is 16.6 Å². The maximum absolute atomic E-state index is 14.3. The van der Waals surface area contributed by atoms with E-state index in [1.54, 1.807) is 18.2 Å². The number of hydrogen-bond donors (Lipinski definition) is 2. The van der Waals surface area contributed by atoms with Gasteiger partial charge in [0.05, 0.1) is 59.9 Å². The molecule has 0 atom stereocenters. The van der Waals surface area contributed by atoms with Crippen LogP contribution in [-0.4, -0.2) is 62.7 Å². The Hall–Kier alpha value is -5.24. The summed E-state index contributed by atoms with van der Waals surface area (Å²) in [4.78, 5) is 41.0. The minimum atomic E-state index is -4.62. The smallest absolute Gasteiger partial charge is 0.298 e. The van der Waals surface area contributed by atoms with Crippen LogP contribution in [0, 0.1) is 0 Å². The number of rotatable bonds is 10. The third-order valence-electron chi connectivity index (χ3n) is 8.42. The number of nitrogens with one attached hydrogen (secondary N) is 1. The molecule has 1 heterocycles. The minimum Gasteiger partial charge on any atom is -0.398 e. The Labute approximate surface area is 291 Å². The van der Waals surface area contributed by atoms with Crippen molar-refractivity contribution in [1.29, 1.82) is 0 Å². The predicted octanol–water partition coefficient (Wildman–Crippen LogP) is 3.31. The first-order valence-corrected chi connectivity index (χ1v) is 18.8. The zero-order chi connectivity index (χ0) is 37.2. The molecular formula is C33H27N3O12S3. The maximum atomic E-state index is 14.3. The van der Waals surface area contributed by atoms with Gasteiger partial charge in [-0.25, -0.2) is 0 Å². The fourth-order valence-electron chi connectivity index (χ4n) is 5.94. The van der Waals surface area contributed by atoms with Gasteiger partial charge in [-0.2, -0.15) is 25.3 Å². The van der Waals surface area contributed by atoms with Crippen molar-refractivity contribution in [2.45, 2.75) is 14.7 Å². The molecule has 51 heavy (non-hydrogen) atoms. The van der Waals surface area contributed by atoms with E-state index in [0.717, 1.165) is 39.5 Å². The Morgan fingerprint density at radius 2 is 1.33 bits per heavy atom. The quantitative estimate of drug-likeness (QED) is 0.116. The van der Waals surface area contributed by atoms with Crippen LogP contribution in [0.15, 0.2) is 92.3 Å². The van der Waals surface area contributed by atoms with E-state index < -0.39 is 63.0 Å². The van der Waals surface area contributed by atoms with Crippen molar-refractivity contribution in [3.8, 4) is 11.1 Å². The average Bonchev–Trinajstić information content (AvgIpc) is 3.12. The summed E-state index contributed by atoms with van der Waals surface area (Å²) in [5.41, 5.74) is 4.73. The number of carbonyl (C=O) groups excluding carboxylic acids is 2. The Morgan fingerprint density at radius 3 is 1.98 bits per heavy atom. The molecule has 0 unspecified atom stereocenters.